The van der Waals surface area contributed by atoms with Gasteiger partial charge in [0.25, 0.3) is 0 Å². The Kier molecular flexibility index (Phi) is 8.06. The predicted octanol–water partition coefficient (Wildman–Crippen LogP) is 3.78. The zero-order chi connectivity index (χ0) is 13.6. The Labute approximate surface area is 136 Å². The molecule has 2 rings (SSSR count). The van der Waals surface area contributed by atoms with Gasteiger partial charge < -0.3 is 7.96 Å². The fourth-order valence-electron chi connectivity index (χ4n) is 1.84. The van der Waals surface area contributed by atoms with Gasteiger partial charge >= 0.3 is 23.1 Å². The number of benzene rings is 2. The van der Waals surface area contributed by atoms with Crippen molar-refractivity contribution in [3.05, 3.63) is 60.2 Å². The second kappa shape index (κ2) is 8.41. The molecule has 0 bridgehead atoms. The van der Waals surface area contributed by atoms with Gasteiger partial charge in [0.05, 0.1) is 8.07 Å². The van der Waals surface area contributed by atoms with E-state index in [0.717, 1.165) is 0 Å². The molecule has 0 aliphatic carbocycles. The van der Waals surface area contributed by atoms with Crippen LogP contribution in [-0.2, 0) is 0 Å². The normalized spacial score (nSPS) is 9.89. The van der Waals surface area contributed by atoms with Crippen LogP contribution in [0, 0.1) is 6.92 Å². The van der Waals surface area contributed by atoms with Gasteiger partial charge in [-0.3, -0.25) is 0 Å². The second-order valence-corrected chi connectivity index (χ2v) is 10.4. The first-order chi connectivity index (χ1) is 8.41. The quantitative estimate of drug-likeness (QED) is 0.790. The number of hydrogen-bond acceptors (Lipinski definition) is 1. The van der Waals surface area contributed by atoms with Gasteiger partial charge in [0, 0.05) is 0 Å². The molecule has 0 spiro atoms. The molecule has 2 aromatic rings. The summed E-state index contributed by atoms with van der Waals surface area (Å²) >= 11 is 0. The van der Waals surface area contributed by atoms with E-state index in [1.54, 1.807) is 29.5 Å². The van der Waals surface area contributed by atoms with Crippen molar-refractivity contribution in [2.45, 2.75) is 26.6 Å². The van der Waals surface area contributed by atoms with E-state index in [9.17, 15) is 0 Å². The molecule has 19 heavy (non-hydrogen) atoms. The first-order valence-corrected chi connectivity index (χ1v) is 9.71. The van der Waals surface area contributed by atoms with Crippen LogP contribution >= 0.6 is 0 Å². The van der Waals surface area contributed by atoms with E-state index >= 15 is 0 Å². The van der Waals surface area contributed by atoms with Crippen LogP contribution in [0.5, 0.6) is 5.75 Å². The maximum absolute atomic E-state index is 8.63. The molecule has 2 aromatic carbocycles. The summed E-state index contributed by atoms with van der Waals surface area (Å²) < 4.78 is 0. The third-order valence-corrected chi connectivity index (χ3v) is 4.89. The number of para-hydroxylation sites is 1. The molecule has 0 saturated heterocycles. The second-order valence-electron chi connectivity index (χ2n) is 5.40. The minimum absolute atomic E-state index is 0. The van der Waals surface area contributed by atoms with Gasteiger partial charge in [-0.25, -0.2) is 0 Å². The summed E-state index contributed by atoms with van der Waals surface area (Å²) in [6.45, 7) is 9.35. The van der Waals surface area contributed by atoms with Crippen LogP contribution < -0.4 is 5.19 Å². The van der Waals surface area contributed by atoms with Gasteiger partial charge in [-0.1, -0.05) is 72.9 Å². The molecule has 0 atom stereocenters. The van der Waals surface area contributed by atoms with Gasteiger partial charge in [0.15, 0.2) is 0 Å². The van der Waals surface area contributed by atoms with Crippen molar-refractivity contribution < 1.29 is 7.96 Å². The van der Waals surface area contributed by atoms with Crippen molar-refractivity contribution in [3.63, 3.8) is 0 Å². The van der Waals surface area contributed by atoms with Crippen LogP contribution in [0.2, 0.25) is 19.6 Å². The molecule has 1 N–H and O–H groups in total. The van der Waals surface area contributed by atoms with Crippen LogP contribution in [0.15, 0.2) is 54.6 Å². The van der Waals surface area contributed by atoms with Gasteiger partial charge in [-0.15, -0.1) is 0 Å². The molecule has 1 nitrogen and oxygen atoms in total. The van der Waals surface area contributed by atoms with Gasteiger partial charge in [0.2, 0.25) is 0 Å². The molecule has 0 radical (unpaired) electrons. The number of phenols is 1. The molecule has 0 saturated carbocycles. The van der Waals surface area contributed by atoms with Crippen molar-refractivity contribution in [2.24, 2.45) is 0 Å². The fourth-order valence-corrected chi connectivity index (χ4v) is 3.70. The van der Waals surface area contributed by atoms with Crippen molar-refractivity contribution in [2.75, 3.05) is 0 Å². The topological polar surface area (TPSA) is 20.2 Å². The van der Waals surface area contributed by atoms with E-state index in [1.165, 1.54) is 5.56 Å². The van der Waals surface area contributed by atoms with Crippen molar-refractivity contribution >= 4 is 36.3 Å². The Balaban J connectivity index is -0.000000288. The standard InChI is InChI=1S/C10H16Si.C6H6O.Mg.2H/c1-9-7-5-6-8-10(9)11(2,3)4;7-6-4-2-1-3-5-6;;;/h5-8H,1-4H3;1-5,7H;;;/q;;+2;2*-1. The van der Waals surface area contributed by atoms with Crippen LogP contribution in [0.1, 0.15) is 8.42 Å². The van der Waals surface area contributed by atoms with E-state index in [2.05, 4.69) is 50.8 Å². The zero-order valence-electron chi connectivity index (χ0n) is 14.4. The number of aryl methyl sites for hydroxylation is 1. The average molecular weight is 285 g/mol. The van der Waals surface area contributed by atoms with E-state index in [1.807, 2.05) is 6.07 Å². The smallest absolute Gasteiger partial charge is 1.00 e. The molecule has 3 heteroatoms. The van der Waals surface area contributed by atoms with Crippen LogP contribution in [0.25, 0.3) is 0 Å². The Hall–Kier alpha value is -0.777. The van der Waals surface area contributed by atoms with Crippen LogP contribution in [0.4, 0.5) is 0 Å². The third-order valence-electron chi connectivity index (χ3n) is 2.71. The van der Waals surface area contributed by atoms with Crippen molar-refractivity contribution in [1.82, 2.24) is 0 Å². The number of hydrogen-bond donors (Lipinski definition) is 1. The fraction of sp³-hybridized carbons (Fsp3) is 0.250. The molecule has 0 aliphatic rings. The molecule has 0 heterocycles. The molecule has 0 aromatic heterocycles. The van der Waals surface area contributed by atoms with E-state index in [-0.39, 0.29) is 25.9 Å². The van der Waals surface area contributed by atoms with E-state index in [4.69, 9.17) is 5.11 Å². The Morgan fingerprint density at radius 3 is 1.63 bits per heavy atom. The average Bonchev–Trinajstić information content (AvgIpc) is 2.30. The Morgan fingerprint density at radius 1 is 0.842 bits per heavy atom. The summed E-state index contributed by atoms with van der Waals surface area (Å²) in [6.07, 6.45) is 0. The summed E-state index contributed by atoms with van der Waals surface area (Å²) in [6, 6.07) is 17.4. The molecular formula is C16H24MgOSi. The Morgan fingerprint density at radius 2 is 1.32 bits per heavy atom. The molecule has 0 fully saturated rings. The first-order valence-electron chi connectivity index (χ1n) is 6.21. The maximum Gasteiger partial charge on any atom is 2.00 e. The molecular weight excluding hydrogens is 261 g/mol. The van der Waals surface area contributed by atoms with Gasteiger partial charge in [-0.05, 0) is 19.1 Å². The predicted molar refractivity (Wildman–Crippen MR) is 90.2 cm³/mol. The summed E-state index contributed by atoms with van der Waals surface area (Å²) in [5.74, 6) is 0.322. The van der Waals surface area contributed by atoms with Crippen LogP contribution in [0.3, 0.4) is 0 Å². The van der Waals surface area contributed by atoms with Gasteiger partial charge in [-0.2, -0.15) is 0 Å². The minimum Gasteiger partial charge on any atom is -1.00 e. The van der Waals surface area contributed by atoms with Crippen molar-refractivity contribution in [1.29, 1.82) is 0 Å². The monoisotopic (exact) mass is 284 g/mol. The molecule has 0 unspecified atom stereocenters. The first kappa shape index (κ1) is 18.2. The number of phenolic OH excluding ortho intramolecular Hbond substituents is 1. The van der Waals surface area contributed by atoms with Crippen LogP contribution in [-0.4, -0.2) is 36.2 Å². The van der Waals surface area contributed by atoms with E-state index in [0.29, 0.717) is 5.75 Å². The largest absolute Gasteiger partial charge is 2.00 e. The summed E-state index contributed by atoms with van der Waals surface area (Å²) in [7, 11) is -1.08. The zero-order valence-corrected chi connectivity index (χ0v) is 14.8. The molecule has 0 amide bonds. The SMILES string of the molecule is Cc1ccccc1[Si](C)(C)C.Oc1ccccc1.[H-].[H-].[Mg+2]. The maximum atomic E-state index is 8.63. The van der Waals surface area contributed by atoms with Gasteiger partial charge in [0.1, 0.15) is 5.75 Å². The summed E-state index contributed by atoms with van der Waals surface area (Å²) in [5.41, 5.74) is 1.45. The summed E-state index contributed by atoms with van der Waals surface area (Å²) in [5, 5.41) is 10.2. The van der Waals surface area contributed by atoms with Crippen molar-refractivity contribution in [3.8, 4) is 5.75 Å². The summed E-state index contributed by atoms with van der Waals surface area (Å²) in [4.78, 5) is 0. The number of rotatable bonds is 1. The third kappa shape index (κ3) is 6.80. The number of aromatic hydroxyl groups is 1. The molecule has 0 aliphatic heterocycles. The van der Waals surface area contributed by atoms with E-state index < -0.39 is 8.07 Å². The minimum atomic E-state index is -1.08. The molecule has 100 valence electrons. The Bertz CT molecular complexity index is 487.